The van der Waals surface area contributed by atoms with E-state index in [0.29, 0.717) is 24.7 Å². The molecule has 2 aromatic carbocycles. The van der Waals surface area contributed by atoms with Crippen LogP contribution in [-0.2, 0) is 25.7 Å². The van der Waals surface area contributed by atoms with E-state index in [-0.39, 0.29) is 31.4 Å². The molecule has 0 N–H and O–H groups in total. The molecule has 29 heavy (non-hydrogen) atoms. The molecule has 0 radical (unpaired) electrons. The van der Waals surface area contributed by atoms with E-state index in [2.05, 4.69) is 13.8 Å². The third-order valence-electron chi connectivity index (χ3n) is 4.23. The Kier molecular flexibility index (Phi) is 9.76. The Morgan fingerprint density at radius 3 is 2.24 bits per heavy atom. The Morgan fingerprint density at radius 1 is 0.828 bits per heavy atom. The molecule has 0 fully saturated rings. The van der Waals surface area contributed by atoms with E-state index < -0.39 is 0 Å². The summed E-state index contributed by atoms with van der Waals surface area (Å²) in [5, 5.41) is 0. The van der Waals surface area contributed by atoms with Crippen LogP contribution in [0.2, 0.25) is 0 Å². The summed E-state index contributed by atoms with van der Waals surface area (Å²) >= 11 is 0. The second-order valence-corrected chi connectivity index (χ2v) is 7.33. The maximum atomic E-state index is 11.9. The zero-order chi connectivity index (χ0) is 20.9. The van der Waals surface area contributed by atoms with Crippen LogP contribution in [0.5, 0.6) is 11.5 Å². The van der Waals surface area contributed by atoms with Gasteiger partial charge in [-0.25, -0.2) is 0 Å². The number of ether oxygens (including phenoxy) is 3. The molecule has 5 nitrogen and oxygen atoms in total. The molecule has 2 rings (SSSR count). The highest BCUT2D eigenvalue weighted by Crippen LogP contribution is 2.22. The van der Waals surface area contributed by atoms with Gasteiger partial charge >= 0.3 is 11.9 Å². The van der Waals surface area contributed by atoms with Gasteiger partial charge < -0.3 is 14.2 Å². The Morgan fingerprint density at radius 2 is 1.52 bits per heavy atom. The molecule has 0 bridgehead atoms. The quantitative estimate of drug-likeness (QED) is 0.340. The van der Waals surface area contributed by atoms with E-state index in [1.807, 2.05) is 54.6 Å². The lowest BCUT2D eigenvalue weighted by molar-refractivity contribution is -0.146. The fourth-order valence-electron chi connectivity index (χ4n) is 2.69. The zero-order valence-electron chi connectivity index (χ0n) is 17.3. The Labute approximate surface area is 173 Å². The Hall–Kier alpha value is -2.82. The molecule has 0 aliphatic carbocycles. The normalized spacial score (nSPS) is 10.6. The topological polar surface area (TPSA) is 61.8 Å². The summed E-state index contributed by atoms with van der Waals surface area (Å²) in [6, 6.07) is 16.9. The molecule has 0 heterocycles. The lowest BCUT2D eigenvalue weighted by Crippen LogP contribution is -2.09. The number of rotatable bonds is 12. The van der Waals surface area contributed by atoms with Crippen LogP contribution in [0.4, 0.5) is 0 Å². The van der Waals surface area contributed by atoms with Crippen molar-refractivity contribution in [1.29, 1.82) is 0 Å². The van der Waals surface area contributed by atoms with Gasteiger partial charge in [0.1, 0.15) is 18.1 Å². The summed E-state index contributed by atoms with van der Waals surface area (Å²) in [7, 11) is 0. The van der Waals surface area contributed by atoms with E-state index in [0.717, 1.165) is 24.2 Å². The van der Waals surface area contributed by atoms with Crippen molar-refractivity contribution in [3.63, 3.8) is 0 Å². The minimum absolute atomic E-state index is 0.171. The molecular weight excluding hydrogens is 368 g/mol. The molecule has 2 aromatic rings. The molecular formula is C24H30O5. The zero-order valence-corrected chi connectivity index (χ0v) is 17.3. The highest BCUT2D eigenvalue weighted by Gasteiger charge is 2.08. The summed E-state index contributed by atoms with van der Waals surface area (Å²) in [6.07, 6.45) is 2.77. The maximum Gasteiger partial charge on any atom is 0.306 e. The fourth-order valence-corrected chi connectivity index (χ4v) is 2.69. The molecule has 0 aromatic heterocycles. The smallest absolute Gasteiger partial charge is 0.306 e. The summed E-state index contributed by atoms with van der Waals surface area (Å²) in [6.45, 7) is 4.90. The first-order chi connectivity index (χ1) is 14.0. The van der Waals surface area contributed by atoms with Crippen LogP contribution < -0.4 is 4.74 Å². The van der Waals surface area contributed by atoms with Crippen molar-refractivity contribution in [2.24, 2.45) is 5.92 Å². The summed E-state index contributed by atoms with van der Waals surface area (Å²) in [5.74, 6) is 1.45. The van der Waals surface area contributed by atoms with E-state index in [9.17, 15) is 9.59 Å². The van der Waals surface area contributed by atoms with Crippen molar-refractivity contribution in [3.8, 4) is 11.5 Å². The number of hydrogen-bond donors (Lipinski definition) is 0. The number of carbonyl (C=O) groups excluding carboxylic acids is 2. The maximum absolute atomic E-state index is 11.9. The summed E-state index contributed by atoms with van der Waals surface area (Å²) in [4.78, 5) is 23.6. The number of benzene rings is 2. The predicted octanol–water partition coefficient (Wildman–Crippen LogP) is 5.67. The highest BCUT2D eigenvalue weighted by molar-refractivity contribution is 5.72. The van der Waals surface area contributed by atoms with Gasteiger partial charge in [0.25, 0.3) is 0 Å². The van der Waals surface area contributed by atoms with Crippen LogP contribution in [0.1, 0.15) is 51.5 Å². The largest absolute Gasteiger partial charge is 0.466 e. The van der Waals surface area contributed by atoms with Crippen LogP contribution in [0, 0.1) is 5.92 Å². The van der Waals surface area contributed by atoms with Crippen molar-refractivity contribution >= 4 is 11.9 Å². The van der Waals surface area contributed by atoms with Crippen molar-refractivity contribution in [2.45, 2.75) is 52.6 Å². The number of para-hydroxylation sites is 1. The SMILES string of the molecule is CC(C)CCCOC(=O)CCCC(=O)OCc1cccc(Oc2ccccc2)c1. The van der Waals surface area contributed by atoms with Crippen LogP contribution in [0.15, 0.2) is 54.6 Å². The van der Waals surface area contributed by atoms with Gasteiger partial charge in [0.2, 0.25) is 0 Å². The van der Waals surface area contributed by atoms with Crippen molar-refractivity contribution in [2.75, 3.05) is 6.61 Å². The van der Waals surface area contributed by atoms with Crippen LogP contribution in [-0.4, -0.2) is 18.5 Å². The van der Waals surface area contributed by atoms with Gasteiger partial charge in [0.15, 0.2) is 0 Å². The lowest BCUT2D eigenvalue weighted by atomic mass is 10.1. The second-order valence-electron chi connectivity index (χ2n) is 7.33. The van der Waals surface area contributed by atoms with Gasteiger partial charge in [-0.3, -0.25) is 9.59 Å². The minimum atomic E-state index is -0.327. The van der Waals surface area contributed by atoms with Gasteiger partial charge in [0.05, 0.1) is 6.61 Å². The second kappa shape index (κ2) is 12.6. The highest BCUT2D eigenvalue weighted by atomic mass is 16.5. The molecule has 0 amide bonds. The Balaban J connectivity index is 1.64. The summed E-state index contributed by atoms with van der Waals surface area (Å²) < 4.78 is 16.2. The first kappa shape index (κ1) is 22.5. The minimum Gasteiger partial charge on any atom is -0.466 e. The van der Waals surface area contributed by atoms with E-state index in [1.165, 1.54) is 0 Å². The number of esters is 2. The predicted molar refractivity (Wildman–Crippen MR) is 112 cm³/mol. The van der Waals surface area contributed by atoms with E-state index in [1.54, 1.807) is 0 Å². The van der Waals surface area contributed by atoms with Crippen molar-refractivity contribution < 1.29 is 23.8 Å². The number of carbonyl (C=O) groups is 2. The van der Waals surface area contributed by atoms with E-state index in [4.69, 9.17) is 14.2 Å². The average Bonchev–Trinajstić information content (AvgIpc) is 2.71. The van der Waals surface area contributed by atoms with Gasteiger partial charge in [-0.1, -0.05) is 44.2 Å². The monoisotopic (exact) mass is 398 g/mol. The molecule has 0 saturated heterocycles. The number of hydrogen-bond acceptors (Lipinski definition) is 5. The van der Waals surface area contributed by atoms with Gasteiger partial charge in [0, 0.05) is 12.8 Å². The molecule has 156 valence electrons. The average molecular weight is 398 g/mol. The molecule has 0 spiro atoms. The van der Waals surface area contributed by atoms with Gasteiger partial charge in [-0.15, -0.1) is 0 Å². The van der Waals surface area contributed by atoms with Crippen molar-refractivity contribution in [1.82, 2.24) is 0 Å². The lowest BCUT2D eigenvalue weighted by Gasteiger charge is -2.09. The molecule has 5 heteroatoms. The first-order valence-corrected chi connectivity index (χ1v) is 10.2. The summed E-state index contributed by atoms with van der Waals surface area (Å²) in [5.41, 5.74) is 0.844. The van der Waals surface area contributed by atoms with Gasteiger partial charge in [-0.2, -0.15) is 0 Å². The van der Waals surface area contributed by atoms with Crippen LogP contribution in [0.25, 0.3) is 0 Å². The third-order valence-corrected chi connectivity index (χ3v) is 4.23. The molecule has 0 saturated carbocycles. The molecule has 0 atom stereocenters. The molecule has 0 aliphatic heterocycles. The Bertz CT molecular complexity index is 755. The van der Waals surface area contributed by atoms with Gasteiger partial charge in [-0.05, 0) is 55.0 Å². The third kappa shape index (κ3) is 9.79. The van der Waals surface area contributed by atoms with Crippen molar-refractivity contribution in [3.05, 3.63) is 60.2 Å². The fraction of sp³-hybridized carbons (Fsp3) is 0.417. The molecule has 0 unspecified atom stereocenters. The first-order valence-electron chi connectivity index (χ1n) is 10.2. The standard InChI is InChI=1S/C24H30O5/c1-19(2)9-8-16-27-23(25)14-7-15-24(26)28-18-20-10-6-13-22(17-20)29-21-11-4-3-5-12-21/h3-6,10-13,17,19H,7-9,14-16,18H2,1-2H3. The molecule has 0 aliphatic rings. The van der Waals surface area contributed by atoms with Crippen LogP contribution in [0.3, 0.4) is 0 Å². The van der Waals surface area contributed by atoms with E-state index >= 15 is 0 Å². The van der Waals surface area contributed by atoms with Crippen LogP contribution >= 0.6 is 0 Å².